The smallest absolute Gasteiger partial charge is 0.258 e. The zero-order chi connectivity index (χ0) is 25.1. The van der Waals surface area contributed by atoms with Gasteiger partial charge in [0, 0.05) is 35.4 Å². The zero-order valence-electron chi connectivity index (χ0n) is 18.2. The quantitative estimate of drug-likeness (QED) is 0.254. The Balaban J connectivity index is 1.35. The molecule has 5 aromatic rings. The predicted octanol–water partition coefficient (Wildman–Crippen LogP) is 3.94. The maximum Gasteiger partial charge on any atom is 0.269 e. The molecule has 3 aromatic heterocycles. The van der Waals surface area contributed by atoms with Gasteiger partial charge in [-0.3, -0.25) is 20.2 Å². The van der Waals surface area contributed by atoms with Gasteiger partial charge in [0.05, 0.1) is 22.2 Å². The van der Waals surface area contributed by atoms with E-state index in [1.54, 1.807) is 42.5 Å². The zero-order valence-corrected chi connectivity index (χ0v) is 18.2. The number of nitro groups is 2. The van der Waals surface area contributed by atoms with Gasteiger partial charge in [-0.1, -0.05) is 6.07 Å². The molecule has 0 atom stereocenters. The van der Waals surface area contributed by atoms with Crippen LogP contribution in [0.15, 0.2) is 79.1 Å². The summed E-state index contributed by atoms with van der Waals surface area (Å²) >= 11 is 0. The van der Waals surface area contributed by atoms with Gasteiger partial charge in [0.1, 0.15) is 22.8 Å². The lowest BCUT2D eigenvalue weighted by atomic mass is 10.1. The molecule has 174 valence electrons. The summed E-state index contributed by atoms with van der Waals surface area (Å²) in [5.74, 6) is 0.552. The molecule has 13 heteroatoms. The highest BCUT2D eigenvalue weighted by molar-refractivity contribution is 5.63. The summed E-state index contributed by atoms with van der Waals surface area (Å²) < 4.78 is 0. The van der Waals surface area contributed by atoms with Gasteiger partial charge >= 0.3 is 0 Å². The van der Waals surface area contributed by atoms with Crippen molar-refractivity contribution in [2.45, 2.75) is 0 Å². The van der Waals surface area contributed by atoms with Gasteiger partial charge in [-0.15, -0.1) is 20.4 Å². The predicted molar refractivity (Wildman–Crippen MR) is 126 cm³/mol. The number of nitrogens with zero attached hydrogens (tertiary/aromatic N) is 9. The highest BCUT2D eigenvalue weighted by Crippen LogP contribution is 2.23. The fraction of sp³-hybridized carbons (Fsp3) is 0. The molecule has 0 radical (unpaired) electrons. The fourth-order valence-electron chi connectivity index (χ4n) is 3.24. The first-order valence-corrected chi connectivity index (χ1v) is 10.3. The molecule has 0 unspecified atom stereocenters. The average Bonchev–Trinajstić information content (AvgIpc) is 2.93. The molecule has 0 spiro atoms. The molecule has 0 saturated carbocycles. The second-order valence-corrected chi connectivity index (χ2v) is 7.35. The lowest BCUT2D eigenvalue weighted by molar-refractivity contribution is -0.385. The van der Waals surface area contributed by atoms with Crippen LogP contribution in [0.4, 0.5) is 11.4 Å². The van der Waals surface area contributed by atoms with E-state index in [-0.39, 0.29) is 23.0 Å². The topological polar surface area (TPSA) is 177 Å². The number of aromatic nitrogens is 7. The Morgan fingerprint density at radius 2 is 0.944 bits per heavy atom. The van der Waals surface area contributed by atoms with Crippen LogP contribution < -0.4 is 0 Å². The normalized spacial score (nSPS) is 10.7. The van der Waals surface area contributed by atoms with E-state index in [0.29, 0.717) is 33.9 Å². The maximum atomic E-state index is 10.8. The summed E-state index contributed by atoms with van der Waals surface area (Å²) in [6, 6.07) is 17.0. The molecule has 0 aliphatic carbocycles. The Morgan fingerprint density at radius 1 is 0.528 bits per heavy atom. The standard InChI is InChI=1S/C23H13N9O4/c33-31(34)16-8-4-14(5-9-16)20-12-24-22(29-27-20)18-2-1-3-19(26-18)23-25-13-21(28-30-23)15-6-10-17(11-7-15)32(35)36/h1-13H. The second kappa shape index (κ2) is 9.34. The van der Waals surface area contributed by atoms with Crippen molar-refractivity contribution < 1.29 is 9.85 Å². The lowest BCUT2D eigenvalue weighted by Gasteiger charge is -2.04. The second-order valence-electron chi connectivity index (χ2n) is 7.35. The van der Waals surface area contributed by atoms with Gasteiger partial charge in [0.25, 0.3) is 11.4 Å². The number of rotatable bonds is 6. The fourth-order valence-corrected chi connectivity index (χ4v) is 3.24. The van der Waals surface area contributed by atoms with E-state index in [9.17, 15) is 20.2 Å². The van der Waals surface area contributed by atoms with Crippen molar-refractivity contribution in [3.8, 4) is 45.6 Å². The van der Waals surface area contributed by atoms with Crippen molar-refractivity contribution >= 4 is 11.4 Å². The van der Waals surface area contributed by atoms with E-state index in [1.165, 1.54) is 36.7 Å². The van der Waals surface area contributed by atoms with E-state index < -0.39 is 9.85 Å². The Labute approximate surface area is 201 Å². The van der Waals surface area contributed by atoms with Gasteiger partial charge in [-0.25, -0.2) is 15.0 Å². The van der Waals surface area contributed by atoms with Gasteiger partial charge in [0.2, 0.25) is 0 Å². The molecule has 5 rings (SSSR count). The van der Waals surface area contributed by atoms with E-state index >= 15 is 0 Å². The Morgan fingerprint density at radius 3 is 1.28 bits per heavy atom. The molecule has 0 saturated heterocycles. The van der Waals surface area contributed by atoms with Crippen molar-refractivity contribution in [2.75, 3.05) is 0 Å². The number of non-ortho nitro benzene ring substituents is 2. The third kappa shape index (κ3) is 4.56. The molecule has 0 aliphatic heterocycles. The van der Waals surface area contributed by atoms with Crippen LogP contribution in [0.1, 0.15) is 0 Å². The Kier molecular flexibility index (Phi) is 5.76. The van der Waals surface area contributed by atoms with Gasteiger partial charge in [-0.2, -0.15) is 0 Å². The highest BCUT2D eigenvalue weighted by Gasteiger charge is 2.12. The van der Waals surface area contributed by atoms with Crippen LogP contribution >= 0.6 is 0 Å². The van der Waals surface area contributed by atoms with Crippen LogP contribution in [0.5, 0.6) is 0 Å². The first kappa shape index (κ1) is 22.2. The number of benzene rings is 2. The summed E-state index contributed by atoms with van der Waals surface area (Å²) in [5.41, 5.74) is 3.04. The van der Waals surface area contributed by atoms with Crippen molar-refractivity contribution in [1.82, 2.24) is 35.3 Å². The van der Waals surface area contributed by atoms with Crippen LogP contribution in [0.25, 0.3) is 45.6 Å². The van der Waals surface area contributed by atoms with Crippen LogP contribution in [0.2, 0.25) is 0 Å². The number of hydrogen-bond acceptors (Lipinski definition) is 11. The number of pyridine rings is 1. The lowest BCUT2D eigenvalue weighted by Crippen LogP contribution is -2.00. The summed E-state index contributed by atoms with van der Waals surface area (Å²) in [4.78, 5) is 33.8. The summed E-state index contributed by atoms with van der Waals surface area (Å²) in [5, 5.41) is 38.2. The van der Waals surface area contributed by atoms with E-state index in [2.05, 4.69) is 35.3 Å². The largest absolute Gasteiger partial charge is 0.269 e. The molecular formula is C23H13N9O4. The van der Waals surface area contributed by atoms with Gasteiger partial charge in [0.15, 0.2) is 11.6 Å². The van der Waals surface area contributed by atoms with Crippen LogP contribution in [-0.2, 0) is 0 Å². The Bertz CT molecular complexity index is 1440. The molecule has 3 heterocycles. The Hall–Kier alpha value is -5.59. The molecule has 0 amide bonds. The van der Waals surface area contributed by atoms with Crippen molar-refractivity contribution in [3.05, 3.63) is 99.4 Å². The molecule has 0 bridgehead atoms. The third-order valence-electron chi connectivity index (χ3n) is 5.08. The number of nitro benzene ring substituents is 2. The molecule has 0 aliphatic rings. The van der Waals surface area contributed by atoms with Gasteiger partial charge < -0.3 is 0 Å². The monoisotopic (exact) mass is 479 g/mol. The van der Waals surface area contributed by atoms with Crippen molar-refractivity contribution in [2.24, 2.45) is 0 Å². The summed E-state index contributed by atoms with van der Waals surface area (Å²) in [6.45, 7) is 0. The minimum absolute atomic E-state index is 0.0187. The molecule has 0 fully saturated rings. The first-order chi connectivity index (χ1) is 17.5. The highest BCUT2D eigenvalue weighted by atomic mass is 16.6. The van der Waals surface area contributed by atoms with Crippen LogP contribution in [-0.4, -0.2) is 45.2 Å². The van der Waals surface area contributed by atoms with Crippen LogP contribution in [0, 0.1) is 20.2 Å². The van der Waals surface area contributed by atoms with Crippen LogP contribution in [0.3, 0.4) is 0 Å². The molecule has 36 heavy (non-hydrogen) atoms. The maximum absolute atomic E-state index is 10.8. The molecule has 0 N–H and O–H groups in total. The molecule has 2 aromatic carbocycles. The minimum atomic E-state index is -0.474. The minimum Gasteiger partial charge on any atom is -0.258 e. The summed E-state index contributed by atoms with van der Waals surface area (Å²) in [6.07, 6.45) is 3.02. The first-order valence-electron chi connectivity index (χ1n) is 10.3. The molecular weight excluding hydrogens is 466 g/mol. The SMILES string of the molecule is O=[N+]([O-])c1ccc(-c2cnc(-c3cccc(-c4ncc(-c5ccc([N+](=O)[O-])cc5)nn4)n3)nn2)cc1. The van der Waals surface area contributed by atoms with Crippen molar-refractivity contribution in [1.29, 1.82) is 0 Å². The number of hydrogen-bond donors (Lipinski definition) is 0. The molecule has 13 nitrogen and oxygen atoms in total. The van der Waals surface area contributed by atoms with Gasteiger partial charge in [-0.05, 0) is 36.4 Å². The average molecular weight is 479 g/mol. The van der Waals surface area contributed by atoms with E-state index in [1.807, 2.05) is 0 Å². The van der Waals surface area contributed by atoms with E-state index in [4.69, 9.17) is 0 Å². The van der Waals surface area contributed by atoms with E-state index in [0.717, 1.165) is 0 Å². The third-order valence-corrected chi connectivity index (χ3v) is 5.08. The van der Waals surface area contributed by atoms with Crippen molar-refractivity contribution in [3.63, 3.8) is 0 Å². The summed E-state index contributed by atoms with van der Waals surface area (Å²) in [7, 11) is 0.